The first-order chi connectivity index (χ1) is 10.8. The Morgan fingerprint density at radius 3 is 2.57 bits per heavy atom. The van der Waals surface area contributed by atoms with Gasteiger partial charge in [-0.1, -0.05) is 30.3 Å². The minimum absolute atomic E-state index is 0.0373. The maximum Gasteiger partial charge on any atom is 0.422 e. The molecule has 5 nitrogen and oxygen atoms in total. The first-order valence-corrected chi connectivity index (χ1v) is 6.73. The Morgan fingerprint density at radius 1 is 1.30 bits per heavy atom. The molecule has 3 atom stereocenters. The minimum atomic E-state index is -5.12. The number of alkyl halides is 4. The lowest BCUT2D eigenvalue weighted by atomic mass is 10.0. The van der Waals surface area contributed by atoms with Crippen molar-refractivity contribution in [1.29, 1.82) is 0 Å². The Kier molecular flexibility index (Phi) is 3.67. The molecule has 0 fully saturated rings. The van der Waals surface area contributed by atoms with Gasteiger partial charge in [-0.05, 0) is 5.56 Å². The molecule has 1 aromatic heterocycles. The van der Waals surface area contributed by atoms with Crippen LogP contribution in [-0.4, -0.2) is 37.9 Å². The predicted octanol–water partition coefficient (Wildman–Crippen LogP) is 2.39. The number of aliphatic hydroxyl groups is 1. The second-order valence-corrected chi connectivity index (χ2v) is 5.18. The molecule has 1 aliphatic heterocycles. The number of aliphatic hydroxyl groups excluding tert-OH is 1. The second-order valence-electron chi connectivity index (χ2n) is 5.18. The highest BCUT2D eigenvalue weighted by Crippen LogP contribution is 2.39. The van der Waals surface area contributed by atoms with Crippen LogP contribution in [0.1, 0.15) is 40.6 Å². The molecule has 0 bridgehead atoms. The zero-order valence-corrected chi connectivity index (χ0v) is 11.5. The highest BCUT2D eigenvalue weighted by atomic mass is 19.4. The third kappa shape index (κ3) is 2.72. The third-order valence-corrected chi connectivity index (χ3v) is 3.63. The molecule has 2 aromatic rings. The maximum absolute atomic E-state index is 14.0. The van der Waals surface area contributed by atoms with Gasteiger partial charge in [0.2, 0.25) is 17.7 Å². The van der Waals surface area contributed by atoms with E-state index in [1.165, 1.54) is 0 Å². The van der Waals surface area contributed by atoms with Gasteiger partial charge in [0.15, 0.2) is 12.0 Å². The molecule has 0 aliphatic carbocycles. The Hall–Kier alpha value is -2.29. The van der Waals surface area contributed by atoms with Crippen LogP contribution in [0.3, 0.4) is 0 Å². The lowest BCUT2D eigenvalue weighted by Crippen LogP contribution is -2.37. The number of Topliss-reactive ketones (excluding diaryl/α,β-unsaturated/α-hetero) is 1. The summed E-state index contributed by atoms with van der Waals surface area (Å²) in [4.78, 5) is 15.2. The van der Waals surface area contributed by atoms with Crippen LogP contribution in [0.2, 0.25) is 0 Å². The van der Waals surface area contributed by atoms with Gasteiger partial charge in [-0.3, -0.25) is 4.79 Å². The van der Waals surface area contributed by atoms with Crippen LogP contribution in [0.4, 0.5) is 17.6 Å². The van der Waals surface area contributed by atoms with E-state index in [0.29, 0.717) is 5.56 Å². The van der Waals surface area contributed by atoms with E-state index in [1.54, 1.807) is 30.3 Å². The number of halogens is 4. The van der Waals surface area contributed by atoms with Gasteiger partial charge in [-0.2, -0.15) is 13.2 Å². The van der Waals surface area contributed by atoms with E-state index in [4.69, 9.17) is 5.11 Å². The van der Waals surface area contributed by atoms with Crippen molar-refractivity contribution >= 4 is 5.78 Å². The molecule has 122 valence electrons. The van der Waals surface area contributed by atoms with E-state index in [0.717, 1.165) is 4.68 Å². The number of rotatable bonds is 3. The lowest BCUT2D eigenvalue weighted by molar-refractivity contribution is -0.186. The fraction of sp³-hybridized carbons (Fsp3) is 0.357. The number of aromatic nitrogens is 3. The Morgan fingerprint density at radius 2 is 1.96 bits per heavy atom. The van der Waals surface area contributed by atoms with E-state index in [9.17, 15) is 22.4 Å². The van der Waals surface area contributed by atoms with Crippen LogP contribution in [-0.2, 0) is 0 Å². The topological polar surface area (TPSA) is 68.0 Å². The summed E-state index contributed by atoms with van der Waals surface area (Å²) in [6.07, 6.45) is -9.85. The minimum Gasteiger partial charge on any atom is -0.377 e. The normalized spacial score (nSPS) is 22.0. The fourth-order valence-corrected chi connectivity index (χ4v) is 2.51. The number of fused-ring (bicyclic) bond motifs is 1. The van der Waals surface area contributed by atoms with Gasteiger partial charge in [0.25, 0.3) is 0 Å². The predicted molar refractivity (Wildman–Crippen MR) is 69.5 cm³/mol. The molecular weight excluding hydrogens is 318 g/mol. The quantitative estimate of drug-likeness (QED) is 0.693. The summed E-state index contributed by atoms with van der Waals surface area (Å²) in [5.74, 6) is -2.75. The van der Waals surface area contributed by atoms with Crippen molar-refractivity contribution in [2.75, 3.05) is 0 Å². The Bertz CT molecular complexity index is 729. The Balaban J connectivity index is 1.95. The molecule has 1 aliphatic rings. The van der Waals surface area contributed by atoms with E-state index < -0.39 is 36.1 Å². The molecule has 0 saturated heterocycles. The third-order valence-electron chi connectivity index (χ3n) is 3.63. The summed E-state index contributed by atoms with van der Waals surface area (Å²) >= 11 is 0. The average Bonchev–Trinajstić information content (AvgIpc) is 3.07. The van der Waals surface area contributed by atoms with Gasteiger partial charge in [0.1, 0.15) is 0 Å². The molecule has 1 aromatic carbocycles. The monoisotopic (exact) mass is 329 g/mol. The molecule has 0 spiro atoms. The first kappa shape index (κ1) is 15.6. The van der Waals surface area contributed by atoms with Crippen molar-refractivity contribution in [2.45, 2.75) is 30.9 Å². The van der Waals surface area contributed by atoms with Gasteiger partial charge < -0.3 is 5.11 Å². The molecule has 3 rings (SSSR count). The molecule has 0 saturated carbocycles. The van der Waals surface area contributed by atoms with Crippen molar-refractivity contribution in [2.24, 2.45) is 0 Å². The largest absolute Gasteiger partial charge is 0.422 e. The van der Waals surface area contributed by atoms with Crippen molar-refractivity contribution in [3.8, 4) is 0 Å². The number of benzene rings is 1. The van der Waals surface area contributed by atoms with Crippen molar-refractivity contribution in [3.05, 3.63) is 47.5 Å². The number of carbonyl (C=O) groups excluding carboxylic acids is 1. The van der Waals surface area contributed by atoms with Gasteiger partial charge in [-0.15, -0.1) is 5.10 Å². The summed E-state index contributed by atoms with van der Waals surface area (Å²) in [5.41, 5.74) is 0.703. The zero-order chi connectivity index (χ0) is 16.8. The van der Waals surface area contributed by atoms with Crippen molar-refractivity contribution in [1.82, 2.24) is 14.8 Å². The van der Waals surface area contributed by atoms with Crippen LogP contribution < -0.4 is 0 Å². The highest BCUT2D eigenvalue weighted by molar-refractivity contribution is 5.96. The van der Waals surface area contributed by atoms with Crippen molar-refractivity contribution < 1.29 is 27.5 Å². The van der Waals surface area contributed by atoms with E-state index in [-0.39, 0.29) is 12.2 Å². The number of nitrogens with zero attached hydrogens (tertiary/aromatic N) is 3. The molecule has 0 radical (unpaired) electrons. The number of hydrogen-bond donors (Lipinski definition) is 1. The summed E-state index contributed by atoms with van der Waals surface area (Å²) in [5, 5.41) is 12.7. The SMILES string of the molecule is O=C(c1nc2n(n1)C(c1ccccc1)CC2F)[C@H](O)C(F)(F)F. The molecular formula is C14H11F4N3O2. The summed E-state index contributed by atoms with van der Waals surface area (Å²) in [6, 6.07) is 8.12. The van der Waals surface area contributed by atoms with Crippen LogP contribution in [0.15, 0.2) is 30.3 Å². The van der Waals surface area contributed by atoms with Crippen LogP contribution >= 0.6 is 0 Å². The lowest BCUT2D eigenvalue weighted by Gasteiger charge is -2.12. The van der Waals surface area contributed by atoms with Gasteiger partial charge in [-0.25, -0.2) is 14.1 Å². The molecule has 2 unspecified atom stereocenters. The molecule has 23 heavy (non-hydrogen) atoms. The summed E-state index contributed by atoms with van der Waals surface area (Å²) < 4.78 is 52.4. The Labute approximate surface area is 127 Å². The van der Waals surface area contributed by atoms with E-state index in [2.05, 4.69) is 10.1 Å². The first-order valence-electron chi connectivity index (χ1n) is 6.73. The standard InChI is InChI=1S/C14H11F4N3O2/c15-8-6-9(7-4-2-1-3-5-7)21-13(8)19-12(20-21)10(22)11(23)14(16,17)18/h1-5,8-9,11,23H,6H2/t8?,9?,11-/m0/s1. The highest BCUT2D eigenvalue weighted by Gasteiger charge is 2.46. The summed E-state index contributed by atoms with van der Waals surface area (Å²) in [6.45, 7) is 0. The molecule has 0 amide bonds. The molecule has 1 N–H and O–H groups in total. The van der Waals surface area contributed by atoms with E-state index >= 15 is 0 Å². The smallest absolute Gasteiger partial charge is 0.377 e. The van der Waals surface area contributed by atoms with Gasteiger partial charge >= 0.3 is 6.18 Å². The molecule has 2 heterocycles. The number of ketones is 1. The van der Waals surface area contributed by atoms with Crippen LogP contribution in [0.5, 0.6) is 0 Å². The van der Waals surface area contributed by atoms with E-state index in [1.807, 2.05) is 0 Å². The summed E-state index contributed by atoms with van der Waals surface area (Å²) in [7, 11) is 0. The van der Waals surface area contributed by atoms with Gasteiger partial charge in [0, 0.05) is 6.42 Å². The molecule has 9 heteroatoms. The van der Waals surface area contributed by atoms with Crippen LogP contribution in [0, 0.1) is 0 Å². The van der Waals surface area contributed by atoms with Gasteiger partial charge in [0.05, 0.1) is 6.04 Å². The van der Waals surface area contributed by atoms with Crippen molar-refractivity contribution in [3.63, 3.8) is 0 Å². The number of carbonyl (C=O) groups is 1. The maximum atomic E-state index is 14.0. The number of hydrogen-bond acceptors (Lipinski definition) is 4. The zero-order valence-electron chi connectivity index (χ0n) is 11.5. The van der Waals surface area contributed by atoms with Crippen LogP contribution in [0.25, 0.3) is 0 Å². The second kappa shape index (κ2) is 5.41. The average molecular weight is 329 g/mol. The fourth-order valence-electron chi connectivity index (χ4n) is 2.51.